The van der Waals surface area contributed by atoms with E-state index < -0.39 is 17.7 Å². The number of hydrazine groups is 1. The van der Waals surface area contributed by atoms with Crippen LogP contribution in [-0.4, -0.2) is 12.2 Å². The Balaban J connectivity index is 2.26. The van der Waals surface area contributed by atoms with Crippen LogP contribution in [0.3, 0.4) is 0 Å². The van der Waals surface area contributed by atoms with E-state index in [-0.39, 0.29) is 17.8 Å². The Morgan fingerprint density at radius 3 is 2.76 bits per heavy atom. The molecule has 5 heteroatoms. The van der Waals surface area contributed by atoms with Crippen LogP contribution < -0.4 is 11.3 Å². The van der Waals surface area contributed by atoms with Crippen LogP contribution in [0.4, 0.5) is 8.78 Å². The highest BCUT2D eigenvalue weighted by Gasteiger charge is 2.32. The molecule has 3 unspecified atom stereocenters. The van der Waals surface area contributed by atoms with E-state index in [1.54, 1.807) is 0 Å². The molecule has 3 N–H and O–H groups in total. The van der Waals surface area contributed by atoms with Gasteiger partial charge in [-0.25, -0.2) is 8.78 Å². The Kier molecular flexibility index (Phi) is 3.71. The molecular weight excluding hydrogens is 226 g/mol. The zero-order valence-corrected chi connectivity index (χ0v) is 9.62. The van der Waals surface area contributed by atoms with Gasteiger partial charge in [0.05, 0.1) is 18.2 Å². The molecule has 0 saturated carbocycles. The van der Waals surface area contributed by atoms with Gasteiger partial charge in [0, 0.05) is 5.56 Å². The van der Waals surface area contributed by atoms with Gasteiger partial charge in [0.2, 0.25) is 0 Å². The molecule has 2 rings (SSSR count). The zero-order valence-electron chi connectivity index (χ0n) is 9.62. The van der Waals surface area contributed by atoms with Crippen LogP contribution in [0.2, 0.25) is 0 Å². The maximum atomic E-state index is 13.7. The summed E-state index contributed by atoms with van der Waals surface area (Å²) in [4.78, 5) is 0. The number of ether oxygens (including phenoxy) is 1. The molecule has 0 radical (unpaired) electrons. The van der Waals surface area contributed by atoms with Crippen molar-refractivity contribution in [1.82, 2.24) is 5.43 Å². The summed E-state index contributed by atoms with van der Waals surface area (Å²) in [5.74, 6) is 3.70. The van der Waals surface area contributed by atoms with Crippen molar-refractivity contribution in [3.8, 4) is 0 Å². The van der Waals surface area contributed by atoms with E-state index in [0.29, 0.717) is 0 Å². The average Bonchev–Trinajstić information content (AvgIpc) is 2.72. The third-order valence-corrected chi connectivity index (χ3v) is 3.13. The lowest BCUT2D eigenvalue weighted by Crippen LogP contribution is -2.37. The topological polar surface area (TPSA) is 47.3 Å². The number of rotatable bonds is 3. The molecule has 1 fully saturated rings. The van der Waals surface area contributed by atoms with Crippen LogP contribution in [0.5, 0.6) is 0 Å². The largest absolute Gasteiger partial charge is 0.373 e. The summed E-state index contributed by atoms with van der Waals surface area (Å²) in [6.45, 7) is 1.95. The molecular formula is C12H16F2N2O. The molecule has 0 aromatic heterocycles. The van der Waals surface area contributed by atoms with E-state index >= 15 is 0 Å². The van der Waals surface area contributed by atoms with Gasteiger partial charge >= 0.3 is 0 Å². The van der Waals surface area contributed by atoms with Gasteiger partial charge in [-0.3, -0.25) is 11.3 Å². The summed E-state index contributed by atoms with van der Waals surface area (Å²) in [7, 11) is 0. The van der Waals surface area contributed by atoms with Crippen molar-refractivity contribution in [3.05, 3.63) is 35.4 Å². The van der Waals surface area contributed by atoms with Gasteiger partial charge in [0.25, 0.3) is 0 Å². The first-order valence-electron chi connectivity index (χ1n) is 5.69. The second-order valence-electron chi connectivity index (χ2n) is 4.35. The van der Waals surface area contributed by atoms with Crippen LogP contribution in [0, 0.1) is 11.6 Å². The number of benzene rings is 1. The first-order valence-corrected chi connectivity index (χ1v) is 5.69. The molecule has 17 heavy (non-hydrogen) atoms. The molecule has 0 amide bonds. The fourth-order valence-corrected chi connectivity index (χ4v) is 2.24. The fraction of sp³-hybridized carbons (Fsp3) is 0.500. The molecule has 1 aliphatic rings. The van der Waals surface area contributed by atoms with Crippen LogP contribution in [0.1, 0.15) is 31.4 Å². The van der Waals surface area contributed by atoms with E-state index in [2.05, 4.69) is 5.43 Å². The van der Waals surface area contributed by atoms with Crippen molar-refractivity contribution in [2.45, 2.75) is 38.0 Å². The Labute approximate surface area is 98.9 Å². The molecule has 3 atom stereocenters. The zero-order chi connectivity index (χ0) is 12.4. The first-order chi connectivity index (χ1) is 8.13. The second kappa shape index (κ2) is 5.08. The highest BCUT2D eigenvalue weighted by molar-refractivity contribution is 5.23. The predicted molar refractivity (Wildman–Crippen MR) is 60.0 cm³/mol. The maximum Gasteiger partial charge on any atom is 0.163 e. The summed E-state index contributed by atoms with van der Waals surface area (Å²) in [6.07, 6.45) is 1.60. The highest BCUT2D eigenvalue weighted by atomic mass is 19.2. The summed E-state index contributed by atoms with van der Waals surface area (Å²) < 4.78 is 32.5. The molecule has 0 spiro atoms. The summed E-state index contributed by atoms with van der Waals surface area (Å²) in [6, 6.07) is 3.56. The van der Waals surface area contributed by atoms with Gasteiger partial charge in [0.1, 0.15) is 0 Å². The summed E-state index contributed by atoms with van der Waals surface area (Å²) >= 11 is 0. The second-order valence-corrected chi connectivity index (χ2v) is 4.35. The van der Waals surface area contributed by atoms with Crippen molar-refractivity contribution >= 4 is 0 Å². The molecule has 3 nitrogen and oxygen atoms in total. The van der Waals surface area contributed by atoms with Crippen molar-refractivity contribution in [2.75, 3.05) is 0 Å². The number of hydrogen-bond donors (Lipinski definition) is 2. The first kappa shape index (κ1) is 12.4. The quantitative estimate of drug-likeness (QED) is 0.630. The maximum absolute atomic E-state index is 13.7. The minimum Gasteiger partial charge on any atom is -0.373 e. The number of hydrogen-bond acceptors (Lipinski definition) is 3. The van der Waals surface area contributed by atoms with E-state index in [1.807, 2.05) is 6.92 Å². The van der Waals surface area contributed by atoms with Crippen LogP contribution in [0.15, 0.2) is 18.2 Å². The normalized spacial score (nSPS) is 26.1. The third-order valence-electron chi connectivity index (χ3n) is 3.13. The SMILES string of the molecule is CC1CCC(C(NN)c2cccc(F)c2F)O1. The van der Waals surface area contributed by atoms with Gasteiger partial charge in [0.15, 0.2) is 11.6 Å². The molecule has 1 aromatic carbocycles. The molecule has 1 heterocycles. The van der Waals surface area contributed by atoms with Gasteiger partial charge in [-0.1, -0.05) is 12.1 Å². The lowest BCUT2D eigenvalue weighted by Gasteiger charge is -2.23. The molecule has 94 valence electrons. The predicted octanol–water partition coefficient (Wildman–Crippen LogP) is 2.04. The van der Waals surface area contributed by atoms with E-state index in [1.165, 1.54) is 12.1 Å². The fourth-order valence-electron chi connectivity index (χ4n) is 2.24. The minimum absolute atomic E-state index is 0.132. The summed E-state index contributed by atoms with van der Waals surface area (Å²) in [5, 5.41) is 0. The van der Waals surface area contributed by atoms with Crippen molar-refractivity contribution in [2.24, 2.45) is 5.84 Å². The van der Waals surface area contributed by atoms with E-state index in [4.69, 9.17) is 10.6 Å². The number of nitrogens with one attached hydrogen (secondary N) is 1. The molecule has 1 aromatic rings. The molecule has 0 aliphatic carbocycles. The van der Waals surface area contributed by atoms with Crippen LogP contribution in [0.25, 0.3) is 0 Å². The monoisotopic (exact) mass is 242 g/mol. The highest BCUT2D eigenvalue weighted by Crippen LogP contribution is 2.31. The number of halogens is 2. The molecule has 1 saturated heterocycles. The van der Waals surface area contributed by atoms with E-state index in [0.717, 1.165) is 18.9 Å². The Morgan fingerprint density at radius 2 is 2.18 bits per heavy atom. The third kappa shape index (κ3) is 2.46. The van der Waals surface area contributed by atoms with Gasteiger partial charge in [-0.15, -0.1) is 0 Å². The Morgan fingerprint density at radius 1 is 1.41 bits per heavy atom. The van der Waals surface area contributed by atoms with E-state index in [9.17, 15) is 8.78 Å². The lowest BCUT2D eigenvalue weighted by molar-refractivity contribution is 0.0307. The summed E-state index contributed by atoms with van der Waals surface area (Å²) in [5.41, 5.74) is 2.73. The average molecular weight is 242 g/mol. The Bertz CT molecular complexity index is 400. The Hall–Kier alpha value is -1.04. The lowest BCUT2D eigenvalue weighted by atomic mass is 9.99. The minimum atomic E-state index is -0.867. The van der Waals surface area contributed by atoms with Crippen molar-refractivity contribution < 1.29 is 13.5 Å². The van der Waals surface area contributed by atoms with Crippen LogP contribution in [-0.2, 0) is 4.74 Å². The van der Waals surface area contributed by atoms with Gasteiger partial charge in [-0.2, -0.15) is 0 Å². The van der Waals surface area contributed by atoms with Crippen LogP contribution >= 0.6 is 0 Å². The smallest absolute Gasteiger partial charge is 0.163 e. The standard InChI is InChI=1S/C12H16F2N2O/c1-7-5-6-10(17-7)12(16-15)8-3-2-4-9(13)11(8)14/h2-4,7,10,12,16H,5-6,15H2,1H3. The number of nitrogens with two attached hydrogens (primary N) is 1. The van der Waals surface area contributed by atoms with Crippen molar-refractivity contribution in [3.63, 3.8) is 0 Å². The van der Waals surface area contributed by atoms with Crippen molar-refractivity contribution in [1.29, 1.82) is 0 Å². The molecule has 1 aliphatic heterocycles. The van der Waals surface area contributed by atoms with Gasteiger partial charge < -0.3 is 4.74 Å². The molecule has 0 bridgehead atoms. The van der Waals surface area contributed by atoms with Gasteiger partial charge in [-0.05, 0) is 25.8 Å².